The Balaban J connectivity index is 1.98. The second-order valence-electron chi connectivity index (χ2n) is 5.21. The molecule has 1 fully saturated rings. The third kappa shape index (κ3) is 3.34. The van der Waals surface area contributed by atoms with Gasteiger partial charge in [0.25, 0.3) is 0 Å². The van der Waals surface area contributed by atoms with E-state index in [0.717, 1.165) is 5.56 Å². The summed E-state index contributed by atoms with van der Waals surface area (Å²) >= 11 is 0. The van der Waals surface area contributed by atoms with Crippen molar-refractivity contribution in [1.82, 2.24) is 0 Å². The minimum atomic E-state index is -0.495. The normalized spacial score (nSPS) is 18.2. The molecular formula is C16H21NO. The summed E-state index contributed by atoms with van der Waals surface area (Å²) in [6.45, 7) is 0. The molecule has 0 bridgehead atoms. The van der Waals surface area contributed by atoms with Crippen LogP contribution in [-0.2, 0) is 0 Å². The van der Waals surface area contributed by atoms with Crippen LogP contribution in [0.25, 0.3) is 0 Å². The third-order valence-electron chi connectivity index (χ3n) is 3.93. The number of hydrogen-bond acceptors (Lipinski definition) is 2. The van der Waals surface area contributed by atoms with Crippen LogP contribution in [0.3, 0.4) is 0 Å². The summed E-state index contributed by atoms with van der Waals surface area (Å²) in [5.74, 6) is 0.712. The summed E-state index contributed by atoms with van der Waals surface area (Å²) in [7, 11) is 0. The average molecular weight is 243 g/mol. The zero-order valence-electron chi connectivity index (χ0n) is 10.8. The van der Waals surface area contributed by atoms with E-state index in [-0.39, 0.29) is 0 Å². The molecule has 2 nitrogen and oxygen atoms in total. The van der Waals surface area contributed by atoms with E-state index in [4.69, 9.17) is 5.26 Å². The van der Waals surface area contributed by atoms with E-state index in [1.807, 2.05) is 12.1 Å². The van der Waals surface area contributed by atoms with Crippen LogP contribution in [0, 0.1) is 11.3 Å². The molecular weight excluding hydrogens is 222 g/mol. The quantitative estimate of drug-likeness (QED) is 0.866. The monoisotopic (exact) mass is 243 g/mol. The van der Waals surface area contributed by atoms with Crippen LogP contribution >= 0.6 is 0 Å². The number of aliphatic hydroxyl groups is 1. The van der Waals surface area contributed by atoms with Crippen LogP contribution in [0.15, 0.2) is 24.3 Å². The first-order chi connectivity index (χ1) is 8.81. The fourth-order valence-corrected chi connectivity index (χ4v) is 2.79. The zero-order chi connectivity index (χ0) is 12.8. The number of benzene rings is 1. The van der Waals surface area contributed by atoms with Crippen molar-refractivity contribution < 1.29 is 5.11 Å². The first-order valence-corrected chi connectivity index (χ1v) is 6.96. The van der Waals surface area contributed by atoms with Gasteiger partial charge in [-0.2, -0.15) is 5.26 Å². The topological polar surface area (TPSA) is 44.0 Å². The highest BCUT2D eigenvalue weighted by molar-refractivity contribution is 5.27. The number of aliphatic hydroxyl groups excluding tert-OH is 1. The van der Waals surface area contributed by atoms with Gasteiger partial charge in [0.05, 0.1) is 12.2 Å². The van der Waals surface area contributed by atoms with Crippen molar-refractivity contribution in [2.24, 2.45) is 0 Å². The summed E-state index contributed by atoms with van der Waals surface area (Å²) in [5.41, 5.74) is 2.34. The Hall–Kier alpha value is -1.33. The Kier molecular flexibility index (Phi) is 4.78. The highest BCUT2D eigenvalue weighted by Gasteiger charge is 2.15. The van der Waals surface area contributed by atoms with Crippen molar-refractivity contribution in [3.63, 3.8) is 0 Å². The predicted octanol–water partition coefficient (Wildman–Crippen LogP) is 4.07. The second-order valence-corrected chi connectivity index (χ2v) is 5.21. The van der Waals surface area contributed by atoms with Crippen LogP contribution in [0.4, 0.5) is 0 Å². The molecule has 1 aromatic rings. The Morgan fingerprint density at radius 1 is 1.17 bits per heavy atom. The Morgan fingerprint density at radius 2 is 1.83 bits per heavy atom. The molecule has 2 rings (SSSR count). The summed E-state index contributed by atoms with van der Waals surface area (Å²) in [4.78, 5) is 0. The number of rotatable bonds is 4. The minimum Gasteiger partial charge on any atom is -0.388 e. The maximum atomic E-state index is 9.90. The van der Waals surface area contributed by atoms with Crippen molar-refractivity contribution in [2.75, 3.05) is 0 Å². The smallest absolute Gasteiger partial charge is 0.0799 e. The van der Waals surface area contributed by atoms with E-state index in [0.29, 0.717) is 18.8 Å². The molecule has 1 N–H and O–H groups in total. The zero-order valence-corrected chi connectivity index (χ0v) is 10.8. The van der Waals surface area contributed by atoms with Crippen molar-refractivity contribution in [3.05, 3.63) is 35.4 Å². The highest BCUT2D eigenvalue weighted by Crippen LogP contribution is 2.33. The molecule has 0 spiro atoms. The van der Waals surface area contributed by atoms with Crippen LogP contribution < -0.4 is 0 Å². The van der Waals surface area contributed by atoms with Gasteiger partial charge in [-0.25, -0.2) is 0 Å². The lowest BCUT2D eigenvalue weighted by Crippen LogP contribution is -2.05. The van der Waals surface area contributed by atoms with Crippen LogP contribution in [0.5, 0.6) is 0 Å². The molecule has 1 aliphatic rings. The minimum absolute atomic E-state index is 0.408. The highest BCUT2D eigenvalue weighted by atomic mass is 16.3. The number of nitriles is 1. The first kappa shape index (κ1) is 13.1. The molecule has 2 heteroatoms. The Morgan fingerprint density at radius 3 is 2.44 bits per heavy atom. The SMILES string of the molecule is N#CCCC(O)c1ccc(C2CCCCC2)cc1. The maximum Gasteiger partial charge on any atom is 0.0799 e. The fourth-order valence-electron chi connectivity index (χ4n) is 2.79. The van der Waals surface area contributed by atoms with Gasteiger partial charge in [0.15, 0.2) is 0 Å². The van der Waals surface area contributed by atoms with E-state index < -0.39 is 6.10 Å². The molecule has 0 aliphatic heterocycles. The third-order valence-corrected chi connectivity index (χ3v) is 3.93. The molecule has 96 valence electrons. The van der Waals surface area contributed by atoms with Gasteiger partial charge in [-0.1, -0.05) is 43.5 Å². The summed E-state index contributed by atoms with van der Waals surface area (Å²) in [6.07, 6.45) is 7.11. The number of hydrogen-bond donors (Lipinski definition) is 1. The van der Waals surface area contributed by atoms with Crippen LogP contribution in [0.2, 0.25) is 0 Å². The van der Waals surface area contributed by atoms with E-state index >= 15 is 0 Å². The first-order valence-electron chi connectivity index (χ1n) is 6.96. The van der Waals surface area contributed by atoms with Gasteiger partial charge in [0.1, 0.15) is 0 Å². The molecule has 1 atom stereocenters. The number of nitrogens with zero attached hydrogens (tertiary/aromatic N) is 1. The average Bonchev–Trinajstić information content (AvgIpc) is 2.46. The van der Waals surface area contributed by atoms with E-state index in [9.17, 15) is 5.11 Å². The van der Waals surface area contributed by atoms with Crippen molar-refractivity contribution >= 4 is 0 Å². The van der Waals surface area contributed by atoms with Gasteiger partial charge >= 0.3 is 0 Å². The lowest BCUT2D eigenvalue weighted by atomic mass is 9.84. The molecule has 18 heavy (non-hydrogen) atoms. The molecule has 1 aliphatic carbocycles. The van der Waals surface area contributed by atoms with Crippen LogP contribution in [-0.4, -0.2) is 5.11 Å². The van der Waals surface area contributed by atoms with Crippen molar-refractivity contribution in [2.45, 2.75) is 57.0 Å². The van der Waals surface area contributed by atoms with Gasteiger partial charge in [-0.3, -0.25) is 0 Å². The van der Waals surface area contributed by atoms with Crippen molar-refractivity contribution in [3.8, 4) is 6.07 Å². The summed E-state index contributed by atoms with van der Waals surface area (Å²) in [6, 6.07) is 10.4. The molecule has 0 heterocycles. The molecule has 0 aromatic heterocycles. The summed E-state index contributed by atoms with van der Waals surface area (Å²) < 4.78 is 0. The molecule has 1 aromatic carbocycles. The second kappa shape index (κ2) is 6.56. The fraction of sp³-hybridized carbons (Fsp3) is 0.562. The van der Waals surface area contributed by atoms with E-state index in [1.165, 1.54) is 37.7 Å². The molecule has 1 saturated carbocycles. The van der Waals surface area contributed by atoms with E-state index in [1.54, 1.807) is 0 Å². The largest absolute Gasteiger partial charge is 0.388 e. The molecule has 0 saturated heterocycles. The molecule has 0 amide bonds. The van der Waals surface area contributed by atoms with E-state index in [2.05, 4.69) is 18.2 Å². The van der Waals surface area contributed by atoms with Crippen molar-refractivity contribution in [1.29, 1.82) is 5.26 Å². The Bertz CT molecular complexity index is 398. The predicted molar refractivity (Wildman–Crippen MR) is 72.1 cm³/mol. The molecule has 1 unspecified atom stereocenters. The van der Waals surface area contributed by atoms with Gasteiger partial charge in [0.2, 0.25) is 0 Å². The van der Waals surface area contributed by atoms with Gasteiger partial charge in [-0.15, -0.1) is 0 Å². The molecule has 0 radical (unpaired) electrons. The van der Waals surface area contributed by atoms with Gasteiger partial charge in [0, 0.05) is 6.42 Å². The van der Waals surface area contributed by atoms with Crippen LogP contribution in [0.1, 0.15) is 68.1 Å². The Labute approximate surface area is 109 Å². The lowest BCUT2D eigenvalue weighted by Gasteiger charge is -2.22. The van der Waals surface area contributed by atoms with Gasteiger partial charge in [-0.05, 0) is 36.3 Å². The lowest BCUT2D eigenvalue weighted by molar-refractivity contribution is 0.169. The maximum absolute atomic E-state index is 9.90. The summed E-state index contributed by atoms with van der Waals surface area (Å²) in [5, 5.41) is 18.4. The standard InChI is InChI=1S/C16H21NO/c17-12-4-7-16(18)15-10-8-14(9-11-15)13-5-2-1-3-6-13/h8-11,13,16,18H,1-7H2. The van der Waals surface area contributed by atoms with Gasteiger partial charge < -0.3 is 5.11 Å².